The van der Waals surface area contributed by atoms with Gasteiger partial charge in [0.2, 0.25) is 0 Å². The highest BCUT2D eigenvalue weighted by Crippen LogP contribution is 2.38. The fraction of sp³-hybridized carbons (Fsp3) is 0.440. The quantitative estimate of drug-likeness (QED) is 0.308. The molecule has 34 heavy (non-hydrogen) atoms. The van der Waals surface area contributed by atoms with Gasteiger partial charge in [0.1, 0.15) is 12.4 Å². The molecule has 184 valence electrons. The Balaban J connectivity index is 1.83. The molecule has 0 aromatic heterocycles. The van der Waals surface area contributed by atoms with Crippen LogP contribution < -0.4 is 19.5 Å². The smallest absolute Gasteiger partial charge is 0.338 e. The van der Waals surface area contributed by atoms with E-state index < -0.39 is 0 Å². The third kappa shape index (κ3) is 6.09. The molecular formula is C25H32N2O6S. The molecule has 1 N–H and O–H groups in total. The number of ether oxygens (including phenoxy) is 5. The van der Waals surface area contributed by atoms with Crippen molar-refractivity contribution in [2.24, 2.45) is 0 Å². The van der Waals surface area contributed by atoms with E-state index in [0.29, 0.717) is 54.3 Å². The second-order valence-electron chi connectivity index (χ2n) is 7.65. The Bertz CT molecular complexity index is 982. The number of rotatable bonds is 10. The number of methoxy groups -OCH3 is 3. The van der Waals surface area contributed by atoms with Crippen LogP contribution in [0.5, 0.6) is 17.2 Å². The number of fused-ring (bicyclic) bond motifs is 1. The topological polar surface area (TPSA) is 78.5 Å². The Morgan fingerprint density at radius 1 is 1.12 bits per heavy atom. The van der Waals surface area contributed by atoms with Crippen LogP contribution in [0.4, 0.5) is 0 Å². The van der Waals surface area contributed by atoms with Crippen molar-refractivity contribution in [1.29, 1.82) is 0 Å². The lowest BCUT2D eigenvalue weighted by molar-refractivity contribution is 0.0526. The molecule has 9 heteroatoms. The van der Waals surface area contributed by atoms with Crippen molar-refractivity contribution in [3.05, 3.63) is 53.1 Å². The van der Waals surface area contributed by atoms with E-state index in [0.717, 1.165) is 18.5 Å². The molecule has 0 unspecified atom stereocenters. The normalized spacial score (nSPS) is 14.7. The first kappa shape index (κ1) is 25.6. The molecule has 0 radical (unpaired) electrons. The van der Waals surface area contributed by atoms with Crippen LogP contribution in [0.1, 0.15) is 34.5 Å². The molecule has 1 aliphatic heterocycles. The predicted molar refractivity (Wildman–Crippen MR) is 133 cm³/mol. The largest absolute Gasteiger partial charge is 0.493 e. The van der Waals surface area contributed by atoms with E-state index in [2.05, 4.69) is 10.2 Å². The third-order valence-corrected chi connectivity index (χ3v) is 6.00. The number of hydrogen-bond acceptors (Lipinski definition) is 7. The number of carbonyl (C=O) groups is 1. The van der Waals surface area contributed by atoms with Gasteiger partial charge in [-0.3, -0.25) is 0 Å². The minimum atomic E-state index is -0.352. The molecule has 1 atom stereocenters. The van der Waals surface area contributed by atoms with Gasteiger partial charge in [-0.2, -0.15) is 0 Å². The predicted octanol–water partition coefficient (Wildman–Crippen LogP) is 3.38. The second-order valence-corrected chi connectivity index (χ2v) is 8.03. The van der Waals surface area contributed by atoms with Gasteiger partial charge in [0.25, 0.3) is 0 Å². The van der Waals surface area contributed by atoms with Crippen LogP contribution in [-0.2, 0) is 15.9 Å². The molecule has 8 nitrogen and oxygen atoms in total. The van der Waals surface area contributed by atoms with Gasteiger partial charge in [-0.05, 0) is 73.1 Å². The monoisotopic (exact) mass is 488 g/mol. The van der Waals surface area contributed by atoms with Crippen LogP contribution in [0.15, 0.2) is 36.4 Å². The van der Waals surface area contributed by atoms with Crippen LogP contribution in [0.2, 0.25) is 0 Å². The van der Waals surface area contributed by atoms with Gasteiger partial charge in [0, 0.05) is 20.2 Å². The first-order valence-corrected chi connectivity index (χ1v) is 11.6. The fourth-order valence-electron chi connectivity index (χ4n) is 3.89. The van der Waals surface area contributed by atoms with Gasteiger partial charge in [-0.15, -0.1) is 0 Å². The van der Waals surface area contributed by atoms with E-state index in [1.807, 2.05) is 12.1 Å². The van der Waals surface area contributed by atoms with Crippen LogP contribution >= 0.6 is 12.2 Å². The zero-order chi connectivity index (χ0) is 24.5. The van der Waals surface area contributed by atoms with Crippen molar-refractivity contribution in [2.45, 2.75) is 19.4 Å². The standard InChI is InChI=1S/C25H32N2O6S/c1-5-32-24(28)17-6-8-19(9-7-17)33-16-21-20-15-23(31-4)22(30-3)14-18(20)10-12-27(21)25(34)26-11-13-29-2/h6-9,14-15,21H,5,10-13,16H2,1-4H3,(H,26,34)/t21-/m0/s1. The fourth-order valence-corrected chi connectivity index (χ4v) is 4.21. The lowest BCUT2D eigenvalue weighted by atomic mass is 9.92. The molecule has 3 rings (SSSR count). The number of carbonyl (C=O) groups excluding carboxylic acids is 1. The molecule has 2 aromatic carbocycles. The van der Waals surface area contributed by atoms with Crippen molar-refractivity contribution < 1.29 is 28.5 Å². The summed E-state index contributed by atoms with van der Waals surface area (Å²) in [5.41, 5.74) is 2.72. The molecule has 2 aromatic rings. The molecule has 1 heterocycles. The van der Waals surface area contributed by atoms with E-state index in [-0.39, 0.29) is 12.0 Å². The Hall–Kier alpha value is -3.04. The zero-order valence-corrected chi connectivity index (χ0v) is 20.9. The van der Waals surface area contributed by atoms with E-state index >= 15 is 0 Å². The van der Waals surface area contributed by atoms with Crippen LogP contribution in [0, 0.1) is 0 Å². The van der Waals surface area contributed by atoms with Gasteiger partial charge < -0.3 is 33.9 Å². The van der Waals surface area contributed by atoms with E-state index in [4.69, 9.17) is 35.9 Å². The average molecular weight is 489 g/mol. The minimum Gasteiger partial charge on any atom is -0.493 e. The average Bonchev–Trinajstić information content (AvgIpc) is 2.86. The summed E-state index contributed by atoms with van der Waals surface area (Å²) >= 11 is 5.70. The first-order valence-electron chi connectivity index (χ1n) is 11.2. The summed E-state index contributed by atoms with van der Waals surface area (Å²) in [4.78, 5) is 14.0. The Morgan fingerprint density at radius 3 is 2.47 bits per heavy atom. The highest BCUT2D eigenvalue weighted by atomic mass is 32.1. The summed E-state index contributed by atoms with van der Waals surface area (Å²) in [7, 11) is 4.92. The van der Waals surface area contributed by atoms with Crippen molar-refractivity contribution in [3.63, 3.8) is 0 Å². The summed E-state index contributed by atoms with van der Waals surface area (Å²) < 4.78 is 27.4. The van der Waals surface area contributed by atoms with Crippen molar-refractivity contribution in [1.82, 2.24) is 10.2 Å². The van der Waals surface area contributed by atoms with E-state index in [9.17, 15) is 4.79 Å². The minimum absolute atomic E-state index is 0.143. The molecule has 0 spiro atoms. The molecule has 1 aliphatic rings. The molecule has 0 saturated heterocycles. The van der Waals surface area contributed by atoms with Gasteiger partial charge in [-0.25, -0.2) is 4.79 Å². The van der Waals surface area contributed by atoms with E-state index in [1.165, 1.54) is 5.56 Å². The van der Waals surface area contributed by atoms with Gasteiger partial charge in [0.15, 0.2) is 16.6 Å². The maximum atomic E-state index is 11.9. The summed E-state index contributed by atoms with van der Waals surface area (Å²) in [6, 6.07) is 10.8. The summed E-state index contributed by atoms with van der Waals surface area (Å²) in [6.07, 6.45) is 0.812. The SMILES string of the molecule is CCOC(=O)c1ccc(OC[C@H]2c3cc(OC)c(OC)cc3CCN2C(=S)NCCOC)cc1. The molecular weight excluding hydrogens is 456 g/mol. The molecule has 0 aliphatic carbocycles. The maximum Gasteiger partial charge on any atom is 0.338 e. The maximum absolute atomic E-state index is 11.9. The number of esters is 1. The van der Waals surface area contributed by atoms with Gasteiger partial charge in [-0.1, -0.05) is 0 Å². The lowest BCUT2D eigenvalue weighted by Gasteiger charge is -2.39. The molecule has 0 amide bonds. The van der Waals surface area contributed by atoms with Crippen LogP contribution in [-0.4, -0.2) is 70.2 Å². The third-order valence-electron chi connectivity index (χ3n) is 5.62. The highest BCUT2D eigenvalue weighted by molar-refractivity contribution is 7.80. The number of nitrogens with one attached hydrogen (secondary N) is 1. The highest BCUT2D eigenvalue weighted by Gasteiger charge is 2.31. The Morgan fingerprint density at radius 2 is 1.82 bits per heavy atom. The number of thiocarbonyl (C=S) groups is 1. The summed E-state index contributed by atoms with van der Waals surface area (Å²) in [5.74, 6) is 1.66. The first-order chi connectivity index (χ1) is 16.5. The molecule has 0 fully saturated rings. The number of hydrogen-bond donors (Lipinski definition) is 1. The lowest BCUT2D eigenvalue weighted by Crippen LogP contribution is -2.47. The van der Waals surface area contributed by atoms with Gasteiger partial charge >= 0.3 is 5.97 Å². The molecule has 0 bridgehead atoms. The number of benzene rings is 2. The van der Waals surface area contributed by atoms with Crippen molar-refractivity contribution in [2.75, 3.05) is 54.2 Å². The Labute approximate surface area is 206 Å². The second kappa shape index (κ2) is 12.4. The molecule has 0 saturated carbocycles. The van der Waals surface area contributed by atoms with Crippen LogP contribution in [0.25, 0.3) is 0 Å². The summed E-state index contributed by atoms with van der Waals surface area (Å²) in [5, 5.41) is 3.91. The van der Waals surface area contributed by atoms with Crippen LogP contribution in [0.3, 0.4) is 0 Å². The Kier molecular flexibility index (Phi) is 9.35. The zero-order valence-electron chi connectivity index (χ0n) is 20.1. The van der Waals surface area contributed by atoms with Crippen molar-refractivity contribution in [3.8, 4) is 17.2 Å². The van der Waals surface area contributed by atoms with Gasteiger partial charge in [0.05, 0.1) is 39.0 Å². The van der Waals surface area contributed by atoms with Crippen molar-refractivity contribution >= 4 is 23.3 Å². The number of nitrogens with zero attached hydrogens (tertiary/aromatic N) is 1. The van der Waals surface area contributed by atoms with E-state index in [1.54, 1.807) is 52.5 Å². The summed E-state index contributed by atoms with van der Waals surface area (Å²) in [6.45, 7) is 4.38.